The molecular weight excluding hydrogens is 562 g/mol. The van der Waals surface area contributed by atoms with Crippen LogP contribution < -0.4 is 10.6 Å². The Hall–Kier alpha value is -5.02. The Morgan fingerprint density at radius 2 is 1.58 bits per heavy atom. The van der Waals surface area contributed by atoms with E-state index in [2.05, 4.69) is 48.2 Å². The third-order valence-corrected chi connectivity index (χ3v) is 8.30. The predicted octanol–water partition coefficient (Wildman–Crippen LogP) is 6.47. The molecule has 45 heavy (non-hydrogen) atoms. The van der Waals surface area contributed by atoms with Gasteiger partial charge in [-0.1, -0.05) is 52.0 Å². The van der Waals surface area contributed by atoms with Gasteiger partial charge in [0, 0.05) is 72.8 Å². The summed E-state index contributed by atoms with van der Waals surface area (Å²) in [4.78, 5) is 39.8. The Labute approximate surface area is 263 Å². The van der Waals surface area contributed by atoms with Gasteiger partial charge < -0.3 is 24.8 Å². The van der Waals surface area contributed by atoms with Crippen LogP contribution in [0.4, 0.5) is 17.2 Å². The SMILES string of the molecule is CCN1CCN(C(=O)c2ccc(Nc3nc(-c4cccc(NC(=O)c5ccc(C(C)(C)C)cc5)c4)cn4ccnc34)cc2)CC1. The minimum Gasteiger partial charge on any atom is -0.337 e. The normalized spacial score (nSPS) is 14.0. The Bertz CT molecular complexity index is 1810. The molecule has 5 aromatic rings. The highest BCUT2D eigenvalue weighted by Gasteiger charge is 2.21. The highest BCUT2D eigenvalue weighted by Crippen LogP contribution is 2.27. The fourth-order valence-corrected chi connectivity index (χ4v) is 5.52. The Balaban J connectivity index is 1.19. The number of rotatable bonds is 7. The van der Waals surface area contributed by atoms with Gasteiger partial charge in [-0.3, -0.25) is 9.59 Å². The maximum absolute atomic E-state index is 13.1. The first-order valence-electron chi connectivity index (χ1n) is 15.4. The second-order valence-corrected chi connectivity index (χ2v) is 12.4. The number of piperazine rings is 1. The molecule has 1 aliphatic rings. The van der Waals surface area contributed by atoms with Crippen molar-refractivity contribution in [3.63, 3.8) is 0 Å². The molecule has 0 aliphatic carbocycles. The van der Waals surface area contributed by atoms with Crippen molar-refractivity contribution in [1.82, 2.24) is 24.2 Å². The van der Waals surface area contributed by atoms with Crippen molar-refractivity contribution in [2.75, 3.05) is 43.4 Å². The summed E-state index contributed by atoms with van der Waals surface area (Å²) in [6.07, 6.45) is 5.52. The summed E-state index contributed by atoms with van der Waals surface area (Å²) in [5.74, 6) is 0.473. The van der Waals surface area contributed by atoms with Gasteiger partial charge in [0.15, 0.2) is 11.5 Å². The van der Waals surface area contributed by atoms with Crippen molar-refractivity contribution in [2.24, 2.45) is 0 Å². The average Bonchev–Trinajstić information content (AvgIpc) is 3.54. The van der Waals surface area contributed by atoms with E-state index in [-0.39, 0.29) is 17.2 Å². The first-order chi connectivity index (χ1) is 21.7. The number of nitrogens with zero attached hydrogens (tertiary/aromatic N) is 5. The van der Waals surface area contributed by atoms with E-state index < -0.39 is 0 Å². The van der Waals surface area contributed by atoms with Crippen LogP contribution in [-0.2, 0) is 5.41 Å². The molecule has 3 aromatic carbocycles. The minimum atomic E-state index is -0.168. The van der Waals surface area contributed by atoms with Gasteiger partial charge in [0.25, 0.3) is 11.8 Å². The second kappa shape index (κ2) is 12.5. The van der Waals surface area contributed by atoms with Crippen molar-refractivity contribution in [3.8, 4) is 11.3 Å². The van der Waals surface area contributed by atoms with Gasteiger partial charge in [-0.15, -0.1) is 0 Å². The summed E-state index contributed by atoms with van der Waals surface area (Å²) in [6, 6.07) is 22.9. The zero-order valence-corrected chi connectivity index (χ0v) is 26.2. The number of hydrogen-bond donors (Lipinski definition) is 2. The van der Waals surface area contributed by atoms with E-state index in [1.165, 1.54) is 5.56 Å². The summed E-state index contributed by atoms with van der Waals surface area (Å²) < 4.78 is 1.92. The van der Waals surface area contributed by atoms with Crippen molar-refractivity contribution < 1.29 is 9.59 Å². The van der Waals surface area contributed by atoms with Crippen molar-refractivity contribution in [2.45, 2.75) is 33.1 Å². The predicted molar refractivity (Wildman–Crippen MR) is 179 cm³/mol. The molecular formula is C36H39N7O2. The molecule has 0 spiro atoms. The van der Waals surface area contributed by atoms with Crippen LogP contribution in [0.5, 0.6) is 0 Å². The van der Waals surface area contributed by atoms with Crippen LogP contribution in [0.3, 0.4) is 0 Å². The number of carbonyl (C=O) groups excluding carboxylic acids is 2. The lowest BCUT2D eigenvalue weighted by Gasteiger charge is -2.34. The quantitative estimate of drug-likeness (QED) is 0.222. The monoisotopic (exact) mass is 601 g/mol. The molecule has 1 aliphatic heterocycles. The lowest BCUT2D eigenvalue weighted by molar-refractivity contribution is 0.0643. The van der Waals surface area contributed by atoms with Crippen molar-refractivity contribution in [3.05, 3.63) is 108 Å². The molecule has 1 fully saturated rings. The Morgan fingerprint density at radius 1 is 0.867 bits per heavy atom. The van der Waals surface area contributed by atoms with E-state index in [4.69, 9.17) is 4.98 Å². The number of nitrogens with one attached hydrogen (secondary N) is 2. The van der Waals surface area contributed by atoms with E-state index in [0.717, 1.165) is 44.0 Å². The molecule has 9 heteroatoms. The fourth-order valence-electron chi connectivity index (χ4n) is 5.52. The zero-order valence-electron chi connectivity index (χ0n) is 26.2. The van der Waals surface area contributed by atoms with E-state index in [1.807, 2.05) is 94.5 Å². The maximum atomic E-state index is 13.1. The molecule has 0 bridgehead atoms. The summed E-state index contributed by atoms with van der Waals surface area (Å²) >= 11 is 0. The summed E-state index contributed by atoms with van der Waals surface area (Å²) in [7, 11) is 0. The number of carbonyl (C=O) groups is 2. The van der Waals surface area contributed by atoms with Crippen molar-refractivity contribution >= 4 is 34.7 Å². The molecule has 3 heterocycles. The summed E-state index contributed by atoms with van der Waals surface area (Å²) in [5, 5.41) is 6.41. The number of anilines is 3. The first-order valence-corrected chi connectivity index (χ1v) is 15.4. The molecule has 0 atom stereocenters. The van der Waals surface area contributed by atoms with Crippen LogP contribution in [0.25, 0.3) is 16.9 Å². The molecule has 230 valence electrons. The lowest BCUT2D eigenvalue weighted by Crippen LogP contribution is -2.48. The zero-order chi connectivity index (χ0) is 31.6. The highest BCUT2D eigenvalue weighted by atomic mass is 16.2. The van der Waals surface area contributed by atoms with E-state index in [1.54, 1.807) is 6.20 Å². The van der Waals surface area contributed by atoms with Crippen LogP contribution in [-0.4, -0.2) is 68.7 Å². The molecule has 2 amide bonds. The van der Waals surface area contributed by atoms with Crippen LogP contribution in [0, 0.1) is 0 Å². The van der Waals surface area contributed by atoms with Gasteiger partial charge in [-0.2, -0.15) is 0 Å². The van der Waals surface area contributed by atoms with Gasteiger partial charge in [0.05, 0.1) is 5.69 Å². The number of benzene rings is 3. The third kappa shape index (κ3) is 6.73. The van der Waals surface area contributed by atoms with E-state index in [0.29, 0.717) is 34.0 Å². The number of hydrogen-bond acceptors (Lipinski definition) is 6. The second-order valence-electron chi connectivity index (χ2n) is 12.4. The highest BCUT2D eigenvalue weighted by molar-refractivity contribution is 6.04. The number of aromatic nitrogens is 3. The number of imidazole rings is 1. The number of amides is 2. The number of fused-ring (bicyclic) bond motifs is 1. The fraction of sp³-hybridized carbons (Fsp3) is 0.278. The molecule has 0 saturated carbocycles. The molecule has 0 unspecified atom stereocenters. The van der Waals surface area contributed by atoms with Gasteiger partial charge in [-0.05, 0) is 66.1 Å². The average molecular weight is 602 g/mol. The largest absolute Gasteiger partial charge is 0.337 e. The number of likely N-dealkylation sites (N-methyl/N-ethyl adjacent to an activating group) is 1. The molecule has 2 N–H and O–H groups in total. The minimum absolute atomic E-state index is 0.0210. The molecule has 0 radical (unpaired) electrons. The smallest absolute Gasteiger partial charge is 0.255 e. The van der Waals surface area contributed by atoms with Gasteiger partial charge >= 0.3 is 0 Å². The van der Waals surface area contributed by atoms with Crippen LogP contribution in [0.15, 0.2) is 91.4 Å². The van der Waals surface area contributed by atoms with Gasteiger partial charge in [0.1, 0.15) is 0 Å². The first kappa shape index (κ1) is 30.0. The van der Waals surface area contributed by atoms with Crippen LogP contribution >= 0.6 is 0 Å². The van der Waals surface area contributed by atoms with Crippen LogP contribution in [0.2, 0.25) is 0 Å². The van der Waals surface area contributed by atoms with Crippen molar-refractivity contribution in [1.29, 1.82) is 0 Å². The Kier molecular flexibility index (Phi) is 8.36. The van der Waals surface area contributed by atoms with E-state index in [9.17, 15) is 9.59 Å². The maximum Gasteiger partial charge on any atom is 0.255 e. The lowest BCUT2D eigenvalue weighted by atomic mass is 9.87. The standard InChI is InChI=1S/C36H39N7O2/c1-5-41-19-21-42(22-20-41)35(45)26-11-15-29(16-12-26)38-32-33-37-17-18-43(33)24-31(40-32)27-7-6-8-30(23-27)39-34(44)25-9-13-28(14-10-25)36(2,3)4/h6-18,23-24H,5,19-22H2,1-4H3,(H,38,40)(H,39,44). The van der Waals surface area contributed by atoms with Gasteiger partial charge in [0.2, 0.25) is 0 Å². The third-order valence-electron chi connectivity index (χ3n) is 8.30. The molecule has 1 saturated heterocycles. The molecule has 9 nitrogen and oxygen atoms in total. The molecule has 6 rings (SSSR count). The molecule has 2 aromatic heterocycles. The summed E-state index contributed by atoms with van der Waals surface area (Å²) in [5.41, 5.74) is 6.18. The van der Waals surface area contributed by atoms with E-state index >= 15 is 0 Å². The van der Waals surface area contributed by atoms with Crippen LogP contribution in [0.1, 0.15) is 54.0 Å². The van der Waals surface area contributed by atoms with Gasteiger partial charge in [-0.25, -0.2) is 9.97 Å². The topological polar surface area (TPSA) is 94.9 Å². The summed E-state index contributed by atoms with van der Waals surface area (Å²) in [6.45, 7) is 12.9. The Morgan fingerprint density at radius 3 is 2.27 bits per heavy atom.